The average molecular weight is 258 g/mol. The van der Waals surface area contributed by atoms with Crippen LogP contribution in [-0.2, 0) is 6.42 Å². The average Bonchev–Trinajstić information content (AvgIpc) is 2.29. The smallest absolute Gasteiger partial charge is 0.144 e. The van der Waals surface area contributed by atoms with Crippen LogP contribution in [0.15, 0.2) is 18.2 Å². The molecule has 96 valence electrons. The van der Waals surface area contributed by atoms with Crippen LogP contribution in [0.2, 0.25) is 5.02 Å². The van der Waals surface area contributed by atoms with Crippen molar-refractivity contribution in [3.8, 4) is 0 Å². The summed E-state index contributed by atoms with van der Waals surface area (Å²) in [5.41, 5.74) is 0.719. The van der Waals surface area contributed by atoms with Gasteiger partial charge in [-0.3, -0.25) is 0 Å². The maximum atomic E-state index is 13.6. The monoisotopic (exact) mass is 257 g/mol. The molecule has 0 heterocycles. The van der Waals surface area contributed by atoms with Crippen LogP contribution in [-0.4, -0.2) is 13.1 Å². The summed E-state index contributed by atoms with van der Waals surface area (Å²) >= 11 is 5.75. The van der Waals surface area contributed by atoms with Crippen LogP contribution in [0.1, 0.15) is 32.3 Å². The minimum Gasteiger partial charge on any atom is -0.317 e. The molecule has 0 radical (unpaired) electrons. The first-order valence-electron chi connectivity index (χ1n) is 6.16. The van der Waals surface area contributed by atoms with Crippen LogP contribution in [0.4, 0.5) is 4.39 Å². The van der Waals surface area contributed by atoms with Crippen molar-refractivity contribution in [1.29, 1.82) is 0 Å². The standard InChI is InChI=1S/C14H21ClFN/c1-10(2)13(17-3)9-5-7-11-6-4-8-12(15)14(11)16/h4,6,8,10,13,17H,5,7,9H2,1-3H3. The van der Waals surface area contributed by atoms with Crippen molar-refractivity contribution in [2.24, 2.45) is 5.92 Å². The van der Waals surface area contributed by atoms with Gasteiger partial charge < -0.3 is 5.32 Å². The molecule has 0 bridgehead atoms. The Morgan fingerprint density at radius 1 is 1.35 bits per heavy atom. The molecule has 1 nitrogen and oxygen atoms in total. The molecule has 0 saturated heterocycles. The molecule has 1 N–H and O–H groups in total. The molecule has 0 aliphatic carbocycles. The summed E-state index contributed by atoms with van der Waals surface area (Å²) in [6, 6.07) is 5.70. The van der Waals surface area contributed by atoms with Crippen molar-refractivity contribution in [2.75, 3.05) is 7.05 Å². The van der Waals surface area contributed by atoms with Gasteiger partial charge in [0.2, 0.25) is 0 Å². The molecule has 1 aromatic rings. The molecule has 1 aromatic carbocycles. The van der Waals surface area contributed by atoms with E-state index < -0.39 is 0 Å². The Hall–Kier alpha value is -0.600. The minimum absolute atomic E-state index is 0.219. The summed E-state index contributed by atoms with van der Waals surface area (Å²) in [6.45, 7) is 4.39. The molecule has 0 amide bonds. The zero-order valence-corrected chi connectivity index (χ0v) is 11.5. The van der Waals surface area contributed by atoms with E-state index in [4.69, 9.17) is 11.6 Å². The summed E-state index contributed by atoms with van der Waals surface area (Å²) in [5.74, 6) is 0.337. The SMILES string of the molecule is CNC(CCCc1cccc(Cl)c1F)C(C)C. The van der Waals surface area contributed by atoms with E-state index in [1.54, 1.807) is 12.1 Å². The third-order valence-electron chi connectivity index (χ3n) is 3.17. The Bertz CT molecular complexity index is 352. The molecule has 0 aromatic heterocycles. The Morgan fingerprint density at radius 2 is 2.06 bits per heavy atom. The van der Waals surface area contributed by atoms with Crippen molar-refractivity contribution in [3.63, 3.8) is 0 Å². The third-order valence-corrected chi connectivity index (χ3v) is 3.46. The molecule has 1 atom stereocenters. The zero-order valence-electron chi connectivity index (χ0n) is 10.8. The van der Waals surface area contributed by atoms with Gasteiger partial charge in [0.05, 0.1) is 5.02 Å². The van der Waals surface area contributed by atoms with Crippen LogP contribution in [0, 0.1) is 11.7 Å². The van der Waals surface area contributed by atoms with Gasteiger partial charge in [0.25, 0.3) is 0 Å². The second-order valence-corrected chi connectivity index (χ2v) is 5.15. The molecule has 0 aliphatic rings. The van der Waals surface area contributed by atoms with Crippen LogP contribution >= 0.6 is 11.6 Å². The van der Waals surface area contributed by atoms with Crippen molar-refractivity contribution in [3.05, 3.63) is 34.6 Å². The van der Waals surface area contributed by atoms with Crippen LogP contribution < -0.4 is 5.32 Å². The van der Waals surface area contributed by atoms with Crippen molar-refractivity contribution < 1.29 is 4.39 Å². The maximum absolute atomic E-state index is 13.6. The van der Waals surface area contributed by atoms with Crippen molar-refractivity contribution >= 4 is 11.6 Å². The number of hydrogen-bond donors (Lipinski definition) is 1. The first-order valence-corrected chi connectivity index (χ1v) is 6.54. The van der Waals surface area contributed by atoms with E-state index in [0.29, 0.717) is 12.0 Å². The predicted molar refractivity (Wildman–Crippen MR) is 72.0 cm³/mol. The predicted octanol–water partition coefficient (Wildman–Crippen LogP) is 4.05. The highest BCUT2D eigenvalue weighted by molar-refractivity contribution is 6.30. The second kappa shape index (κ2) is 6.97. The second-order valence-electron chi connectivity index (χ2n) is 4.74. The van der Waals surface area contributed by atoms with E-state index in [-0.39, 0.29) is 10.8 Å². The highest BCUT2D eigenvalue weighted by Gasteiger charge is 2.11. The lowest BCUT2D eigenvalue weighted by atomic mass is 9.97. The van der Waals surface area contributed by atoms with E-state index in [1.807, 2.05) is 13.1 Å². The van der Waals surface area contributed by atoms with E-state index in [0.717, 1.165) is 24.8 Å². The topological polar surface area (TPSA) is 12.0 Å². The first kappa shape index (κ1) is 14.5. The quantitative estimate of drug-likeness (QED) is 0.811. The minimum atomic E-state index is -0.264. The molecule has 0 fully saturated rings. The van der Waals surface area contributed by atoms with E-state index in [2.05, 4.69) is 19.2 Å². The van der Waals surface area contributed by atoms with Gasteiger partial charge in [-0.25, -0.2) is 4.39 Å². The fraction of sp³-hybridized carbons (Fsp3) is 0.571. The molecule has 0 aliphatic heterocycles. The molecule has 17 heavy (non-hydrogen) atoms. The zero-order chi connectivity index (χ0) is 12.8. The lowest BCUT2D eigenvalue weighted by Gasteiger charge is -2.19. The molecule has 0 spiro atoms. The number of benzene rings is 1. The van der Waals surface area contributed by atoms with E-state index >= 15 is 0 Å². The number of aryl methyl sites for hydroxylation is 1. The van der Waals surface area contributed by atoms with Gasteiger partial charge in [0.1, 0.15) is 5.82 Å². The van der Waals surface area contributed by atoms with Crippen molar-refractivity contribution in [2.45, 2.75) is 39.2 Å². The van der Waals surface area contributed by atoms with Gasteiger partial charge in [0.15, 0.2) is 0 Å². The van der Waals surface area contributed by atoms with Crippen LogP contribution in [0.5, 0.6) is 0 Å². The van der Waals surface area contributed by atoms with Crippen LogP contribution in [0.3, 0.4) is 0 Å². The number of hydrogen-bond acceptors (Lipinski definition) is 1. The summed E-state index contributed by atoms with van der Waals surface area (Å²) in [4.78, 5) is 0. The number of halogens is 2. The third kappa shape index (κ3) is 4.29. The summed E-state index contributed by atoms with van der Waals surface area (Å²) in [7, 11) is 1.98. The molecular formula is C14H21ClFN. The fourth-order valence-corrected chi connectivity index (χ4v) is 2.26. The lowest BCUT2D eigenvalue weighted by molar-refractivity contribution is 0.392. The van der Waals surface area contributed by atoms with Gasteiger partial charge in [-0.1, -0.05) is 37.6 Å². The van der Waals surface area contributed by atoms with E-state index in [1.165, 1.54) is 0 Å². The highest BCUT2D eigenvalue weighted by Crippen LogP contribution is 2.20. The van der Waals surface area contributed by atoms with Gasteiger partial charge >= 0.3 is 0 Å². The summed E-state index contributed by atoms with van der Waals surface area (Å²) in [5, 5.41) is 3.51. The Balaban J connectivity index is 2.48. The summed E-state index contributed by atoms with van der Waals surface area (Å²) < 4.78 is 13.6. The first-order chi connectivity index (χ1) is 8.06. The molecule has 1 rings (SSSR count). The normalized spacial score (nSPS) is 13.1. The van der Waals surface area contributed by atoms with E-state index in [9.17, 15) is 4.39 Å². The van der Waals surface area contributed by atoms with Gasteiger partial charge in [0, 0.05) is 6.04 Å². The molecule has 0 saturated carbocycles. The Labute approximate surface area is 108 Å². The number of nitrogens with one attached hydrogen (secondary N) is 1. The highest BCUT2D eigenvalue weighted by atomic mass is 35.5. The maximum Gasteiger partial charge on any atom is 0.144 e. The van der Waals surface area contributed by atoms with Gasteiger partial charge in [-0.15, -0.1) is 0 Å². The largest absolute Gasteiger partial charge is 0.317 e. The Kier molecular flexibility index (Phi) is 5.93. The van der Waals surface area contributed by atoms with Crippen LogP contribution in [0.25, 0.3) is 0 Å². The molecular weight excluding hydrogens is 237 g/mol. The number of rotatable bonds is 6. The van der Waals surface area contributed by atoms with Gasteiger partial charge in [-0.2, -0.15) is 0 Å². The molecule has 3 heteroatoms. The van der Waals surface area contributed by atoms with Gasteiger partial charge in [-0.05, 0) is 43.9 Å². The van der Waals surface area contributed by atoms with Crippen molar-refractivity contribution in [1.82, 2.24) is 5.32 Å². The lowest BCUT2D eigenvalue weighted by Crippen LogP contribution is -2.30. The molecule has 1 unspecified atom stereocenters. The Morgan fingerprint density at radius 3 is 2.65 bits per heavy atom. The summed E-state index contributed by atoms with van der Waals surface area (Å²) in [6.07, 6.45) is 2.78. The fourth-order valence-electron chi connectivity index (χ4n) is 2.06.